The summed E-state index contributed by atoms with van der Waals surface area (Å²) in [7, 11) is 1.21. The maximum absolute atomic E-state index is 12.0. The first-order valence-corrected chi connectivity index (χ1v) is 9.92. The van der Waals surface area contributed by atoms with Crippen molar-refractivity contribution in [1.82, 2.24) is 0 Å². The summed E-state index contributed by atoms with van der Waals surface area (Å²) in [5.74, 6) is -1.55. The van der Waals surface area contributed by atoms with E-state index in [9.17, 15) is 24.5 Å². The highest BCUT2D eigenvalue weighted by atomic mass is 16.6. The Morgan fingerprint density at radius 2 is 1.72 bits per heavy atom. The fourth-order valence-electron chi connectivity index (χ4n) is 3.49. The number of nitro groups is 1. The minimum atomic E-state index is -0.857. The van der Waals surface area contributed by atoms with Gasteiger partial charge in [0, 0.05) is 30.8 Å². The summed E-state index contributed by atoms with van der Waals surface area (Å²) in [6.45, 7) is 0.774. The molecule has 0 aromatic heterocycles. The van der Waals surface area contributed by atoms with Crippen molar-refractivity contribution in [3.8, 4) is 11.5 Å². The molecule has 0 unspecified atom stereocenters. The molecule has 0 bridgehead atoms. The van der Waals surface area contributed by atoms with Gasteiger partial charge in [-0.1, -0.05) is 0 Å². The molecule has 1 aliphatic rings. The van der Waals surface area contributed by atoms with E-state index in [1.807, 2.05) is 0 Å². The number of anilines is 1. The second-order valence-corrected chi connectivity index (χ2v) is 7.31. The molecule has 2 aromatic carbocycles. The van der Waals surface area contributed by atoms with Crippen LogP contribution >= 0.6 is 0 Å². The van der Waals surface area contributed by atoms with Crippen LogP contribution in [0.25, 0.3) is 0 Å². The Kier molecular flexibility index (Phi) is 7.04. The van der Waals surface area contributed by atoms with E-state index in [1.54, 1.807) is 23.1 Å². The summed E-state index contributed by atoms with van der Waals surface area (Å²) in [5.41, 5.74) is 0.601. The standard InChI is InChI=1S/C22H22N2O8/c1-31-21(26)13-20(25)14-2-4-16(5-3-14)32-17-6-7-18(24(29)30)19(12-17)23-10-8-15(9-11-23)22(27)28/h2-7,12,15H,8-11,13H2,1H3,(H,27,28). The lowest BCUT2D eigenvalue weighted by Gasteiger charge is -2.31. The van der Waals surface area contributed by atoms with Gasteiger partial charge in [0.2, 0.25) is 0 Å². The van der Waals surface area contributed by atoms with E-state index in [0.29, 0.717) is 48.7 Å². The van der Waals surface area contributed by atoms with E-state index >= 15 is 0 Å². The number of hydrogen-bond acceptors (Lipinski definition) is 8. The quantitative estimate of drug-likeness (QED) is 0.214. The van der Waals surface area contributed by atoms with Gasteiger partial charge in [0.1, 0.15) is 23.6 Å². The van der Waals surface area contributed by atoms with Crippen LogP contribution in [0.1, 0.15) is 29.6 Å². The topological polar surface area (TPSA) is 136 Å². The van der Waals surface area contributed by atoms with Gasteiger partial charge in [-0.2, -0.15) is 0 Å². The van der Waals surface area contributed by atoms with Crippen molar-refractivity contribution in [2.45, 2.75) is 19.3 Å². The number of piperidine rings is 1. The Hall–Kier alpha value is -3.95. The summed E-state index contributed by atoms with van der Waals surface area (Å²) < 4.78 is 10.3. The number of benzene rings is 2. The second-order valence-electron chi connectivity index (χ2n) is 7.31. The predicted octanol–water partition coefficient (Wildman–Crippen LogP) is 3.43. The molecule has 0 atom stereocenters. The first-order chi connectivity index (χ1) is 15.3. The first-order valence-electron chi connectivity index (χ1n) is 9.92. The predicted molar refractivity (Wildman–Crippen MR) is 113 cm³/mol. The van der Waals surface area contributed by atoms with Crippen molar-refractivity contribution in [2.75, 3.05) is 25.1 Å². The zero-order valence-corrected chi connectivity index (χ0v) is 17.4. The number of carbonyl (C=O) groups excluding carboxylic acids is 2. The highest BCUT2D eigenvalue weighted by Crippen LogP contribution is 2.36. The molecule has 32 heavy (non-hydrogen) atoms. The molecular formula is C22H22N2O8. The number of rotatable bonds is 8. The number of nitrogens with zero attached hydrogens (tertiary/aromatic N) is 2. The largest absolute Gasteiger partial charge is 0.481 e. The molecule has 1 N–H and O–H groups in total. The molecule has 2 aromatic rings. The Balaban J connectivity index is 1.75. The number of aliphatic carboxylic acids is 1. The molecule has 0 amide bonds. The first kappa shape index (κ1) is 22.7. The molecule has 1 heterocycles. The fraction of sp³-hybridized carbons (Fsp3) is 0.318. The Bertz CT molecular complexity index is 1030. The minimum absolute atomic E-state index is 0.0881. The van der Waals surface area contributed by atoms with E-state index in [1.165, 1.54) is 31.4 Å². The van der Waals surface area contributed by atoms with Gasteiger partial charge in [0.05, 0.1) is 18.0 Å². The van der Waals surface area contributed by atoms with Crippen LogP contribution in [0.2, 0.25) is 0 Å². The lowest BCUT2D eigenvalue weighted by molar-refractivity contribution is -0.384. The molecule has 0 aliphatic carbocycles. The van der Waals surface area contributed by atoms with Gasteiger partial charge < -0.3 is 19.5 Å². The van der Waals surface area contributed by atoms with Crippen molar-refractivity contribution in [2.24, 2.45) is 5.92 Å². The Morgan fingerprint density at radius 1 is 1.09 bits per heavy atom. The van der Waals surface area contributed by atoms with Crippen molar-refractivity contribution in [1.29, 1.82) is 0 Å². The van der Waals surface area contributed by atoms with Gasteiger partial charge >= 0.3 is 11.9 Å². The van der Waals surface area contributed by atoms with Gasteiger partial charge in [-0.25, -0.2) is 0 Å². The lowest BCUT2D eigenvalue weighted by Crippen LogP contribution is -2.36. The van der Waals surface area contributed by atoms with Crippen LogP contribution in [0.15, 0.2) is 42.5 Å². The molecule has 0 spiro atoms. The maximum atomic E-state index is 12.0. The third kappa shape index (κ3) is 5.39. The van der Waals surface area contributed by atoms with Crippen LogP contribution in [0.5, 0.6) is 11.5 Å². The third-order valence-corrected chi connectivity index (χ3v) is 5.27. The molecule has 0 saturated carbocycles. The molecule has 10 nitrogen and oxygen atoms in total. The normalized spacial score (nSPS) is 14.0. The van der Waals surface area contributed by atoms with Crippen LogP contribution in [-0.4, -0.2) is 48.0 Å². The van der Waals surface area contributed by atoms with Crippen LogP contribution < -0.4 is 9.64 Å². The molecule has 1 saturated heterocycles. The smallest absolute Gasteiger partial charge is 0.313 e. The number of carbonyl (C=O) groups is 3. The number of Topliss-reactive ketones (excluding diaryl/α,β-unsaturated/α-hetero) is 1. The number of hydrogen-bond donors (Lipinski definition) is 1. The van der Waals surface area contributed by atoms with E-state index < -0.39 is 22.8 Å². The Labute approximate surface area is 183 Å². The summed E-state index contributed by atoms with van der Waals surface area (Å²) in [6, 6.07) is 10.5. The summed E-state index contributed by atoms with van der Waals surface area (Å²) in [6.07, 6.45) is 0.443. The number of carboxylic acid groups (broad SMARTS) is 1. The molecule has 3 rings (SSSR count). The van der Waals surface area contributed by atoms with Gasteiger partial charge in [0.15, 0.2) is 5.78 Å². The molecular weight excluding hydrogens is 420 g/mol. The van der Waals surface area contributed by atoms with E-state index in [-0.39, 0.29) is 17.9 Å². The highest BCUT2D eigenvalue weighted by Gasteiger charge is 2.28. The van der Waals surface area contributed by atoms with Crippen molar-refractivity contribution in [3.63, 3.8) is 0 Å². The highest BCUT2D eigenvalue weighted by molar-refractivity contribution is 6.05. The fourth-order valence-corrected chi connectivity index (χ4v) is 3.49. The number of nitro benzene ring substituents is 1. The minimum Gasteiger partial charge on any atom is -0.481 e. The van der Waals surface area contributed by atoms with Crippen LogP contribution in [0.4, 0.5) is 11.4 Å². The van der Waals surface area contributed by atoms with E-state index in [0.717, 1.165) is 0 Å². The number of methoxy groups -OCH3 is 1. The molecule has 168 valence electrons. The SMILES string of the molecule is COC(=O)CC(=O)c1ccc(Oc2ccc([N+](=O)[O-])c(N3CCC(C(=O)O)CC3)c2)cc1. The van der Waals surface area contributed by atoms with Gasteiger partial charge in [-0.3, -0.25) is 24.5 Å². The summed E-state index contributed by atoms with van der Waals surface area (Å²) in [4.78, 5) is 47.2. The molecule has 1 fully saturated rings. The van der Waals surface area contributed by atoms with E-state index in [4.69, 9.17) is 9.84 Å². The summed E-state index contributed by atoms with van der Waals surface area (Å²) in [5, 5.41) is 20.6. The van der Waals surface area contributed by atoms with Crippen molar-refractivity contribution in [3.05, 3.63) is 58.1 Å². The van der Waals surface area contributed by atoms with Crippen LogP contribution in [0.3, 0.4) is 0 Å². The monoisotopic (exact) mass is 442 g/mol. The molecule has 10 heteroatoms. The number of ether oxygens (including phenoxy) is 2. The molecule has 1 aliphatic heterocycles. The zero-order valence-electron chi connectivity index (χ0n) is 17.4. The van der Waals surface area contributed by atoms with E-state index in [2.05, 4.69) is 4.74 Å². The summed E-state index contributed by atoms with van der Waals surface area (Å²) >= 11 is 0. The van der Waals surface area contributed by atoms with Gasteiger partial charge in [-0.15, -0.1) is 0 Å². The van der Waals surface area contributed by atoms with Crippen LogP contribution in [0, 0.1) is 16.0 Å². The number of carboxylic acids is 1. The second kappa shape index (κ2) is 9.90. The average molecular weight is 442 g/mol. The van der Waals surface area contributed by atoms with Gasteiger partial charge in [-0.05, 0) is 43.2 Å². The van der Waals surface area contributed by atoms with Crippen molar-refractivity contribution < 1.29 is 33.9 Å². The van der Waals surface area contributed by atoms with Crippen molar-refractivity contribution >= 4 is 29.1 Å². The average Bonchev–Trinajstić information content (AvgIpc) is 2.79. The lowest BCUT2D eigenvalue weighted by atomic mass is 9.96. The maximum Gasteiger partial charge on any atom is 0.313 e. The molecule has 0 radical (unpaired) electrons. The Morgan fingerprint density at radius 3 is 2.28 bits per heavy atom. The van der Waals surface area contributed by atoms with Gasteiger partial charge in [0.25, 0.3) is 5.69 Å². The third-order valence-electron chi connectivity index (χ3n) is 5.27. The van der Waals surface area contributed by atoms with Crippen LogP contribution in [-0.2, 0) is 14.3 Å². The number of ketones is 1. The zero-order chi connectivity index (χ0) is 23.3. The number of esters is 1.